The molecule has 0 spiro atoms. The molecule has 0 radical (unpaired) electrons. The van der Waals surface area contributed by atoms with Gasteiger partial charge >= 0.3 is 6.01 Å². The summed E-state index contributed by atoms with van der Waals surface area (Å²) in [5.74, 6) is -0.580. The van der Waals surface area contributed by atoms with E-state index in [0.29, 0.717) is 41.7 Å². The molecule has 0 aliphatic carbocycles. The van der Waals surface area contributed by atoms with E-state index in [9.17, 15) is 13.9 Å². The third-order valence-corrected chi connectivity index (χ3v) is 9.57. The molecular weight excluding hydrogens is 571 g/mol. The van der Waals surface area contributed by atoms with E-state index in [1.54, 1.807) is 18.2 Å². The third-order valence-electron chi connectivity index (χ3n) is 9.57. The van der Waals surface area contributed by atoms with Gasteiger partial charge in [-0.2, -0.15) is 9.97 Å². The molecule has 2 fully saturated rings. The van der Waals surface area contributed by atoms with Crippen molar-refractivity contribution in [1.82, 2.24) is 19.9 Å². The second-order valence-corrected chi connectivity index (χ2v) is 12.4. The van der Waals surface area contributed by atoms with Gasteiger partial charge < -0.3 is 19.5 Å². The van der Waals surface area contributed by atoms with Gasteiger partial charge in [-0.15, -0.1) is 0 Å². The maximum absolute atomic E-state index is 16.9. The number of alkyl halides is 1. The number of nitrogens with zero attached hydrogens (tertiary/aromatic N) is 5. The van der Waals surface area contributed by atoms with Crippen LogP contribution >= 0.6 is 0 Å². The quantitative estimate of drug-likeness (QED) is 0.291. The second kappa shape index (κ2) is 11.0. The number of rotatable bonds is 7. The number of anilines is 1. The zero-order valence-electron chi connectivity index (χ0n) is 25.1. The number of pyridine rings is 1. The van der Waals surface area contributed by atoms with Crippen LogP contribution in [0.4, 0.5) is 19.0 Å². The molecule has 232 valence electrons. The molecule has 0 unspecified atom stereocenters. The van der Waals surface area contributed by atoms with E-state index in [2.05, 4.69) is 14.9 Å². The van der Waals surface area contributed by atoms with Crippen molar-refractivity contribution in [3.8, 4) is 23.1 Å². The first-order valence-electron chi connectivity index (χ1n) is 15.4. The number of aromatic nitrogens is 3. The summed E-state index contributed by atoms with van der Waals surface area (Å²) in [6.45, 7) is 7.02. The van der Waals surface area contributed by atoms with Crippen LogP contribution in [0.3, 0.4) is 0 Å². The van der Waals surface area contributed by atoms with Crippen LogP contribution < -0.4 is 14.4 Å². The van der Waals surface area contributed by atoms with Crippen LogP contribution in [0.15, 0.2) is 30.3 Å². The van der Waals surface area contributed by atoms with Crippen LogP contribution in [-0.2, 0) is 6.42 Å². The van der Waals surface area contributed by atoms with E-state index >= 15 is 4.39 Å². The normalized spacial score (nSPS) is 24.0. The molecule has 2 aromatic carbocycles. The summed E-state index contributed by atoms with van der Waals surface area (Å²) >= 11 is 0. The van der Waals surface area contributed by atoms with Gasteiger partial charge in [-0.05, 0) is 62.1 Å². The van der Waals surface area contributed by atoms with E-state index in [0.717, 1.165) is 24.8 Å². The Morgan fingerprint density at radius 3 is 2.80 bits per heavy atom. The molecule has 3 aliphatic heterocycles. The number of benzene rings is 2. The maximum atomic E-state index is 16.9. The van der Waals surface area contributed by atoms with Gasteiger partial charge in [-0.25, -0.2) is 18.2 Å². The van der Waals surface area contributed by atoms with Crippen molar-refractivity contribution in [1.29, 1.82) is 0 Å². The van der Waals surface area contributed by atoms with Crippen LogP contribution in [0.2, 0.25) is 0 Å². The average Bonchev–Trinajstić information content (AvgIpc) is 3.50. The van der Waals surface area contributed by atoms with Crippen molar-refractivity contribution >= 4 is 27.5 Å². The zero-order valence-corrected chi connectivity index (χ0v) is 25.1. The van der Waals surface area contributed by atoms with Gasteiger partial charge in [-0.3, -0.25) is 4.90 Å². The van der Waals surface area contributed by atoms with Gasteiger partial charge in [0.2, 0.25) is 5.88 Å². The topological polar surface area (TPSA) is 83.8 Å². The lowest BCUT2D eigenvalue weighted by Gasteiger charge is -2.34. The van der Waals surface area contributed by atoms with E-state index in [4.69, 9.17) is 14.5 Å². The number of aliphatic hydroxyl groups is 1. The highest BCUT2D eigenvalue weighted by atomic mass is 19.1. The zero-order chi connectivity index (χ0) is 30.7. The highest BCUT2D eigenvalue weighted by molar-refractivity contribution is 6.02. The lowest BCUT2D eigenvalue weighted by Crippen LogP contribution is -2.45. The number of hydrogen-bond acceptors (Lipinski definition) is 8. The molecule has 4 atom stereocenters. The smallest absolute Gasteiger partial charge is 0.319 e. The highest BCUT2D eigenvalue weighted by Crippen LogP contribution is 2.44. The van der Waals surface area contributed by atoms with Crippen molar-refractivity contribution in [3.05, 3.63) is 47.5 Å². The number of halogens is 3. The van der Waals surface area contributed by atoms with Gasteiger partial charge in [0.25, 0.3) is 0 Å². The fourth-order valence-electron chi connectivity index (χ4n) is 7.48. The Morgan fingerprint density at radius 1 is 1.16 bits per heavy atom. The first-order chi connectivity index (χ1) is 21.2. The van der Waals surface area contributed by atoms with E-state index in [1.165, 1.54) is 6.07 Å². The second-order valence-electron chi connectivity index (χ2n) is 12.4. The third kappa shape index (κ3) is 4.54. The molecule has 2 aromatic heterocycles. The van der Waals surface area contributed by atoms with Gasteiger partial charge in [0, 0.05) is 18.5 Å². The van der Waals surface area contributed by atoms with Gasteiger partial charge in [0.05, 0.1) is 24.2 Å². The molecule has 8 nitrogen and oxygen atoms in total. The molecule has 0 saturated carbocycles. The first-order valence-corrected chi connectivity index (χ1v) is 15.4. The van der Waals surface area contributed by atoms with Crippen molar-refractivity contribution in [2.75, 3.05) is 37.8 Å². The van der Waals surface area contributed by atoms with Crippen LogP contribution in [0.25, 0.3) is 32.9 Å². The summed E-state index contributed by atoms with van der Waals surface area (Å²) in [4.78, 5) is 18.0. The average molecular weight is 608 g/mol. The monoisotopic (exact) mass is 607 g/mol. The fraction of sp³-hybridized carbons (Fsp3) is 0.485. The van der Waals surface area contributed by atoms with Crippen molar-refractivity contribution in [3.63, 3.8) is 0 Å². The predicted molar refractivity (Wildman–Crippen MR) is 162 cm³/mol. The first kappa shape index (κ1) is 29.0. The summed E-state index contributed by atoms with van der Waals surface area (Å²) in [7, 11) is 0. The molecule has 7 rings (SSSR count). The Bertz CT molecular complexity index is 1760. The lowest BCUT2D eigenvalue weighted by atomic mass is 9.95. The Kier molecular flexibility index (Phi) is 7.28. The minimum atomic E-state index is -0.924. The molecule has 0 bridgehead atoms. The summed E-state index contributed by atoms with van der Waals surface area (Å²) in [5, 5.41) is 11.8. The number of ether oxygens (including phenoxy) is 2. The van der Waals surface area contributed by atoms with Crippen molar-refractivity contribution in [2.45, 2.75) is 70.2 Å². The van der Waals surface area contributed by atoms with Gasteiger partial charge in [0.1, 0.15) is 47.6 Å². The van der Waals surface area contributed by atoms with Crippen LogP contribution in [0, 0.1) is 11.6 Å². The largest absolute Gasteiger partial charge is 0.475 e. The minimum absolute atomic E-state index is 0.0121. The summed E-state index contributed by atoms with van der Waals surface area (Å²) in [6.07, 6.45) is 1.61. The molecule has 3 aliphatic rings. The van der Waals surface area contributed by atoms with E-state index in [1.807, 2.05) is 31.7 Å². The molecule has 0 amide bonds. The Morgan fingerprint density at radius 2 is 2.00 bits per heavy atom. The van der Waals surface area contributed by atoms with Crippen molar-refractivity contribution < 1.29 is 27.8 Å². The van der Waals surface area contributed by atoms with E-state index < -0.39 is 17.5 Å². The van der Waals surface area contributed by atoms with Crippen LogP contribution in [-0.4, -0.2) is 81.7 Å². The molecule has 44 heavy (non-hydrogen) atoms. The Balaban J connectivity index is 1.44. The highest BCUT2D eigenvalue weighted by Gasteiger charge is 2.49. The number of hydrogen-bond donors (Lipinski definition) is 1. The number of fused-ring (bicyclic) bond motifs is 2. The number of aryl methyl sites for hydroxylation is 1. The fourth-order valence-corrected chi connectivity index (χ4v) is 7.48. The van der Waals surface area contributed by atoms with Crippen LogP contribution in [0.5, 0.6) is 11.9 Å². The summed E-state index contributed by atoms with van der Waals surface area (Å²) < 4.78 is 58.7. The van der Waals surface area contributed by atoms with Crippen molar-refractivity contribution in [2.24, 2.45) is 0 Å². The predicted octanol–water partition coefficient (Wildman–Crippen LogP) is 5.61. The van der Waals surface area contributed by atoms with Gasteiger partial charge in [0.15, 0.2) is 5.82 Å². The summed E-state index contributed by atoms with van der Waals surface area (Å²) in [5.41, 5.74) is 0.396. The maximum Gasteiger partial charge on any atom is 0.319 e. The summed E-state index contributed by atoms with van der Waals surface area (Å²) in [6, 6.07) is 7.80. The minimum Gasteiger partial charge on any atom is -0.475 e. The number of aliphatic hydroxyl groups excluding tert-OH is 1. The molecule has 2 saturated heterocycles. The molecule has 11 heteroatoms. The molecule has 4 aromatic rings. The molecule has 1 N–H and O–H groups in total. The van der Waals surface area contributed by atoms with Crippen LogP contribution in [0.1, 0.15) is 45.6 Å². The standard InChI is InChI=1S/C33H36F3N5O3/c1-4-22-24(35)10-9-20-7-5-8-23(25(20)22)28-27(36)29-26-30(41(18(2)15-42)19(3)16-43-31(26)37-28)39-32(38-29)44-17-33-11-6-12-40(33)14-21(34)13-33/h5,7-10,18-19,21,42H,4,6,11-17H2,1-3H3/t18-,19+,21-,33+/m1/s1. The molecule has 5 heterocycles. The Hall–Kier alpha value is -3.70. The van der Waals surface area contributed by atoms with E-state index in [-0.39, 0.29) is 66.2 Å². The van der Waals surface area contributed by atoms with Gasteiger partial charge in [-0.1, -0.05) is 31.2 Å². The SMILES string of the molecule is CCc1c(F)ccc2cccc(-c3nc4c5c(nc(OC[C@@]67CCCN6C[C@H](F)C7)nc5c3F)N([C@H](C)CO)[C@@H](C)CO4)c12. The Labute approximate surface area is 253 Å². The molecular formula is C33H36F3N5O3. The lowest BCUT2D eigenvalue weighted by molar-refractivity contribution is 0.107.